The van der Waals surface area contributed by atoms with Crippen LogP contribution in [0.5, 0.6) is 5.75 Å². The van der Waals surface area contributed by atoms with Crippen LogP contribution in [-0.4, -0.2) is 17.9 Å². The van der Waals surface area contributed by atoms with Gasteiger partial charge in [-0.1, -0.05) is 36.4 Å². The van der Waals surface area contributed by atoms with Gasteiger partial charge in [-0.3, -0.25) is 9.69 Å². The Morgan fingerprint density at radius 2 is 1.54 bits per heavy atom. The van der Waals surface area contributed by atoms with Crippen molar-refractivity contribution in [3.8, 4) is 5.75 Å². The number of furan rings is 1. The Morgan fingerprint density at radius 3 is 2.26 bits per heavy atom. The maximum absolute atomic E-state index is 13.7. The van der Waals surface area contributed by atoms with Crippen LogP contribution in [0.15, 0.2) is 89.3 Å². The van der Waals surface area contributed by atoms with Crippen LogP contribution in [0, 0.1) is 11.6 Å². The van der Waals surface area contributed by atoms with Crippen molar-refractivity contribution < 1.29 is 22.7 Å². The maximum atomic E-state index is 13.7. The van der Waals surface area contributed by atoms with Crippen LogP contribution in [0.1, 0.15) is 33.0 Å². The van der Waals surface area contributed by atoms with E-state index in [0.29, 0.717) is 25.4 Å². The van der Waals surface area contributed by atoms with Crippen molar-refractivity contribution in [3.05, 3.63) is 125 Å². The van der Waals surface area contributed by atoms with Crippen LogP contribution in [0.2, 0.25) is 0 Å². The van der Waals surface area contributed by atoms with Crippen molar-refractivity contribution in [1.82, 2.24) is 10.2 Å². The van der Waals surface area contributed by atoms with Gasteiger partial charge in [0.1, 0.15) is 23.1 Å². The minimum atomic E-state index is -0.354. The molecule has 0 aliphatic rings. The summed E-state index contributed by atoms with van der Waals surface area (Å²) in [5, 5.41) is 2.78. The van der Waals surface area contributed by atoms with Gasteiger partial charge in [0.05, 0.1) is 13.7 Å². The molecule has 0 fully saturated rings. The first-order chi connectivity index (χ1) is 17.0. The summed E-state index contributed by atoms with van der Waals surface area (Å²) in [5.41, 5.74) is 2.68. The predicted molar refractivity (Wildman–Crippen MR) is 129 cm³/mol. The number of benzene rings is 3. The smallest absolute Gasteiger partial charge is 0.287 e. The molecule has 0 aliphatic heterocycles. The molecule has 3 aromatic carbocycles. The van der Waals surface area contributed by atoms with Crippen LogP contribution in [0.3, 0.4) is 0 Å². The van der Waals surface area contributed by atoms with E-state index in [1.54, 1.807) is 37.4 Å². The third-order valence-corrected chi connectivity index (χ3v) is 5.49. The quantitative estimate of drug-likeness (QED) is 0.319. The minimum Gasteiger partial charge on any atom is -0.497 e. The first kappa shape index (κ1) is 24.2. The second kappa shape index (κ2) is 11.4. The number of rotatable bonds is 10. The largest absolute Gasteiger partial charge is 0.497 e. The summed E-state index contributed by atoms with van der Waals surface area (Å²) >= 11 is 0. The summed E-state index contributed by atoms with van der Waals surface area (Å²) in [7, 11) is 1.62. The van der Waals surface area contributed by atoms with Crippen LogP contribution < -0.4 is 10.1 Å². The normalized spacial score (nSPS) is 11.0. The number of halogens is 2. The van der Waals surface area contributed by atoms with E-state index in [1.807, 2.05) is 30.3 Å². The molecule has 0 saturated heterocycles. The van der Waals surface area contributed by atoms with Gasteiger partial charge in [0.25, 0.3) is 5.91 Å². The number of carbonyl (C=O) groups is 1. The highest BCUT2D eigenvalue weighted by Crippen LogP contribution is 2.19. The van der Waals surface area contributed by atoms with Crippen molar-refractivity contribution in [1.29, 1.82) is 0 Å². The van der Waals surface area contributed by atoms with Crippen molar-refractivity contribution in [3.63, 3.8) is 0 Å². The molecule has 35 heavy (non-hydrogen) atoms. The summed E-state index contributed by atoms with van der Waals surface area (Å²) in [5.74, 6) is 0.609. The van der Waals surface area contributed by atoms with Crippen molar-refractivity contribution >= 4 is 5.91 Å². The zero-order chi connectivity index (χ0) is 24.6. The van der Waals surface area contributed by atoms with Gasteiger partial charge in [-0.15, -0.1) is 0 Å². The molecule has 0 unspecified atom stereocenters. The van der Waals surface area contributed by atoms with Gasteiger partial charge in [-0.2, -0.15) is 0 Å². The first-order valence-electron chi connectivity index (χ1n) is 11.2. The molecule has 1 N–H and O–H groups in total. The number of methoxy groups -OCH3 is 1. The molecule has 0 bridgehead atoms. The average Bonchev–Trinajstić information content (AvgIpc) is 3.32. The number of nitrogens with zero attached hydrogens (tertiary/aromatic N) is 1. The Balaban J connectivity index is 1.43. The van der Waals surface area contributed by atoms with Crippen molar-refractivity contribution in [2.75, 3.05) is 7.11 Å². The van der Waals surface area contributed by atoms with Gasteiger partial charge in [0.2, 0.25) is 0 Å². The van der Waals surface area contributed by atoms with Crippen molar-refractivity contribution in [2.45, 2.75) is 26.2 Å². The molecular weight excluding hydrogens is 450 g/mol. The molecule has 0 saturated carbocycles. The van der Waals surface area contributed by atoms with Crippen LogP contribution in [-0.2, 0) is 26.2 Å². The minimum absolute atomic E-state index is 0.192. The number of nitrogens with one attached hydrogen (secondary N) is 1. The van der Waals surface area contributed by atoms with E-state index in [4.69, 9.17) is 9.15 Å². The maximum Gasteiger partial charge on any atom is 0.287 e. The lowest BCUT2D eigenvalue weighted by Crippen LogP contribution is -2.23. The molecular formula is C28H26F2N2O3. The Morgan fingerprint density at radius 1 is 0.829 bits per heavy atom. The van der Waals surface area contributed by atoms with Gasteiger partial charge in [-0.05, 0) is 65.2 Å². The standard InChI is InChI=1S/C28H26F2N2O3/c1-34-25-11-7-21(8-12-25)17-32(18-22-3-2-4-24(30)15-22)19-26-13-14-27(35-26)28(33)31-16-20-5-9-23(29)10-6-20/h2-15H,16-19H2,1H3,(H,31,33). The van der Waals surface area contributed by atoms with Crippen LogP contribution in [0.25, 0.3) is 0 Å². The number of hydrogen-bond donors (Lipinski definition) is 1. The molecule has 1 amide bonds. The summed E-state index contributed by atoms with van der Waals surface area (Å²) in [6, 6.07) is 23.6. The highest BCUT2D eigenvalue weighted by Gasteiger charge is 2.15. The molecule has 5 nitrogen and oxygen atoms in total. The summed E-state index contributed by atoms with van der Waals surface area (Å²) < 4.78 is 37.8. The van der Waals surface area contributed by atoms with Gasteiger partial charge in [-0.25, -0.2) is 8.78 Å². The summed E-state index contributed by atoms with van der Waals surface area (Å²) in [6.07, 6.45) is 0. The van der Waals surface area contributed by atoms with Gasteiger partial charge in [0.15, 0.2) is 5.76 Å². The third-order valence-electron chi connectivity index (χ3n) is 5.49. The van der Waals surface area contributed by atoms with Crippen LogP contribution >= 0.6 is 0 Å². The number of hydrogen-bond acceptors (Lipinski definition) is 4. The van der Waals surface area contributed by atoms with E-state index in [-0.39, 0.29) is 29.8 Å². The van der Waals surface area contributed by atoms with Crippen LogP contribution in [0.4, 0.5) is 8.78 Å². The Labute approximate surface area is 203 Å². The zero-order valence-electron chi connectivity index (χ0n) is 19.3. The molecule has 1 aromatic heterocycles. The predicted octanol–water partition coefficient (Wildman–Crippen LogP) is 5.70. The molecule has 180 valence electrons. The fourth-order valence-corrected chi connectivity index (χ4v) is 3.73. The Bertz CT molecular complexity index is 1250. The van der Waals surface area contributed by atoms with E-state index < -0.39 is 0 Å². The molecule has 0 spiro atoms. The fraction of sp³-hybridized carbons (Fsp3) is 0.179. The van der Waals surface area contributed by atoms with E-state index in [9.17, 15) is 13.6 Å². The topological polar surface area (TPSA) is 54.7 Å². The zero-order valence-corrected chi connectivity index (χ0v) is 19.3. The number of carbonyl (C=O) groups excluding carboxylic acids is 1. The molecule has 0 aliphatic carbocycles. The molecule has 4 aromatic rings. The molecule has 4 rings (SSSR count). The number of ether oxygens (including phenoxy) is 1. The third kappa shape index (κ3) is 7.01. The van der Waals surface area contributed by atoms with E-state index in [1.165, 1.54) is 24.3 Å². The monoisotopic (exact) mass is 476 g/mol. The van der Waals surface area contributed by atoms with Gasteiger partial charge < -0.3 is 14.5 Å². The molecule has 0 atom stereocenters. The summed E-state index contributed by atoms with van der Waals surface area (Å²) in [4.78, 5) is 14.6. The molecule has 1 heterocycles. The first-order valence-corrected chi connectivity index (χ1v) is 11.2. The van der Waals surface area contributed by atoms with E-state index in [0.717, 1.165) is 22.4 Å². The summed E-state index contributed by atoms with van der Waals surface area (Å²) in [6.45, 7) is 1.77. The molecule has 7 heteroatoms. The highest BCUT2D eigenvalue weighted by molar-refractivity contribution is 5.91. The lowest BCUT2D eigenvalue weighted by molar-refractivity contribution is 0.0918. The highest BCUT2D eigenvalue weighted by atomic mass is 19.1. The average molecular weight is 477 g/mol. The van der Waals surface area contributed by atoms with Gasteiger partial charge >= 0.3 is 0 Å². The number of amides is 1. The second-order valence-electron chi connectivity index (χ2n) is 8.20. The van der Waals surface area contributed by atoms with E-state index >= 15 is 0 Å². The van der Waals surface area contributed by atoms with E-state index in [2.05, 4.69) is 10.2 Å². The Hall–Kier alpha value is -3.97. The second-order valence-corrected chi connectivity index (χ2v) is 8.20. The SMILES string of the molecule is COc1ccc(CN(Cc2cccc(F)c2)Cc2ccc(C(=O)NCc3ccc(F)cc3)o2)cc1. The lowest BCUT2D eigenvalue weighted by Gasteiger charge is -2.22. The van der Waals surface area contributed by atoms with Crippen molar-refractivity contribution in [2.24, 2.45) is 0 Å². The Kier molecular flexibility index (Phi) is 7.90. The van der Waals surface area contributed by atoms with Gasteiger partial charge in [0, 0.05) is 19.6 Å². The molecule has 0 radical (unpaired) electrons. The fourth-order valence-electron chi connectivity index (χ4n) is 3.73. The lowest BCUT2D eigenvalue weighted by atomic mass is 10.1.